The van der Waals surface area contributed by atoms with E-state index in [-0.39, 0.29) is 5.84 Å². The zero-order valence-electron chi connectivity index (χ0n) is 7.91. The molecule has 3 nitrogen and oxygen atoms in total. The van der Waals surface area contributed by atoms with Crippen molar-refractivity contribution in [3.63, 3.8) is 0 Å². The Balaban J connectivity index is 3.00. The second kappa shape index (κ2) is 3.94. The van der Waals surface area contributed by atoms with E-state index < -0.39 is 0 Å². The van der Waals surface area contributed by atoms with Gasteiger partial charge in [0.25, 0.3) is 0 Å². The quantitative estimate of drug-likeness (QED) is 0.313. The molecule has 0 atom stereocenters. The van der Waals surface area contributed by atoms with Crippen molar-refractivity contribution in [1.29, 1.82) is 0 Å². The van der Waals surface area contributed by atoms with E-state index in [9.17, 15) is 0 Å². The molecule has 0 unspecified atom stereocenters. The van der Waals surface area contributed by atoms with Gasteiger partial charge in [0.1, 0.15) is 5.84 Å². The van der Waals surface area contributed by atoms with Crippen molar-refractivity contribution < 1.29 is 5.21 Å². The number of rotatable bonds is 2. The van der Waals surface area contributed by atoms with Crippen LogP contribution in [0.3, 0.4) is 0 Å². The van der Waals surface area contributed by atoms with Crippen LogP contribution < -0.4 is 5.73 Å². The van der Waals surface area contributed by atoms with E-state index in [2.05, 4.69) is 5.16 Å². The molecule has 0 aliphatic carbocycles. The van der Waals surface area contributed by atoms with Crippen molar-refractivity contribution >= 4 is 5.84 Å². The first-order valence-corrected chi connectivity index (χ1v) is 4.16. The maximum atomic E-state index is 8.44. The molecule has 1 rings (SSSR count). The largest absolute Gasteiger partial charge is 0.409 e. The third-order valence-electron chi connectivity index (χ3n) is 2.13. The fourth-order valence-corrected chi connectivity index (χ4v) is 1.34. The summed E-state index contributed by atoms with van der Waals surface area (Å²) in [4.78, 5) is 0. The van der Waals surface area contributed by atoms with Crippen molar-refractivity contribution in [3.05, 3.63) is 34.9 Å². The smallest absolute Gasteiger partial charge is 0.143 e. The highest BCUT2D eigenvalue weighted by Crippen LogP contribution is 2.13. The van der Waals surface area contributed by atoms with Gasteiger partial charge in [0.15, 0.2) is 0 Å². The monoisotopic (exact) mass is 178 g/mol. The van der Waals surface area contributed by atoms with Crippen molar-refractivity contribution in [1.82, 2.24) is 0 Å². The standard InChI is InChI=1S/C10H14N2O/c1-7-4-3-5-8(2)9(7)6-10(11)12-13/h3-5,13H,6H2,1-2H3,(H2,11,12). The predicted octanol–water partition coefficient (Wildman–Crippen LogP) is 1.59. The molecule has 13 heavy (non-hydrogen) atoms. The summed E-state index contributed by atoms with van der Waals surface area (Å²) in [5.74, 6) is 0.248. The van der Waals surface area contributed by atoms with Gasteiger partial charge in [-0.25, -0.2) is 0 Å². The normalized spacial score (nSPS) is 11.7. The molecule has 1 aromatic carbocycles. The predicted molar refractivity (Wildman–Crippen MR) is 53.0 cm³/mol. The molecule has 0 amide bonds. The number of oxime groups is 1. The minimum absolute atomic E-state index is 0.248. The molecule has 3 N–H and O–H groups in total. The SMILES string of the molecule is Cc1cccc(C)c1C/C(N)=N/O. The lowest BCUT2D eigenvalue weighted by Gasteiger charge is -2.07. The summed E-state index contributed by atoms with van der Waals surface area (Å²) in [6, 6.07) is 6.04. The lowest BCUT2D eigenvalue weighted by atomic mass is 10.00. The maximum Gasteiger partial charge on any atom is 0.143 e. The van der Waals surface area contributed by atoms with Crippen LogP contribution in [-0.4, -0.2) is 11.0 Å². The molecule has 0 bridgehead atoms. The highest BCUT2D eigenvalue weighted by Gasteiger charge is 2.03. The summed E-state index contributed by atoms with van der Waals surface area (Å²) < 4.78 is 0. The zero-order valence-corrected chi connectivity index (χ0v) is 7.91. The molecule has 0 saturated carbocycles. The molecule has 1 aromatic rings. The minimum atomic E-state index is 0.248. The van der Waals surface area contributed by atoms with Gasteiger partial charge in [0.05, 0.1) is 0 Å². The lowest BCUT2D eigenvalue weighted by molar-refractivity contribution is 0.317. The van der Waals surface area contributed by atoms with Crippen LogP contribution in [0, 0.1) is 13.8 Å². The average Bonchev–Trinajstić information content (AvgIpc) is 2.11. The molecule has 0 saturated heterocycles. The fraction of sp³-hybridized carbons (Fsp3) is 0.300. The summed E-state index contributed by atoms with van der Waals surface area (Å²) in [7, 11) is 0. The third kappa shape index (κ3) is 2.21. The molecule has 0 fully saturated rings. The summed E-state index contributed by atoms with van der Waals surface area (Å²) in [6.07, 6.45) is 0.509. The van der Waals surface area contributed by atoms with E-state index in [0.717, 1.165) is 5.56 Å². The Morgan fingerprint density at radius 1 is 1.38 bits per heavy atom. The van der Waals surface area contributed by atoms with Gasteiger partial charge in [-0.2, -0.15) is 0 Å². The number of amidine groups is 1. The van der Waals surface area contributed by atoms with Gasteiger partial charge in [0.2, 0.25) is 0 Å². The van der Waals surface area contributed by atoms with E-state index in [1.54, 1.807) is 0 Å². The number of benzene rings is 1. The minimum Gasteiger partial charge on any atom is -0.409 e. The van der Waals surface area contributed by atoms with Crippen molar-refractivity contribution in [2.45, 2.75) is 20.3 Å². The van der Waals surface area contributed by atoms with Crippen LogP contribution in [0.1, 0.15) is 16.7 Å². The van der Waals surface area contributed by atoms with Gasteiger partial charge in [-0.1, -0.05) is 23.4 Å². The van der Waals surface area contributed by atoms with Crippen molar-refractivity contribution in [2.24, 2.45) is 10.9 Å². The zero-order chi connectivity index (χ0) is 9.84. The van der Waals surface area contributed by atoms with Gasteiger partial charge in [-0.05, 0) is 30.5 Å². The molecular formula is C10H14N2O. The van der Waals surface area contributed by atoms with E-state index in [1.165, 1.54) is 11.1 Å². The Kier molecular flexibility index (Phi) is 2.90. The Bertz CT molecular complexity index is 311. The van der Waals surface area contributed by atoms with Gasteiger partial charge in [-0.3, -0.25) is 0 Å². The first-order valence-electron chi connectivity index (χ1n) is 4.16. The number of nitrogens with zero attached hydrogens (tertiary/aromatic N) is 1. The van der Waals surface area contributed by atoms with Crippen LogP contribution in [0.2, 0.25) is 0 Å². The van der Waals surface area contributed by atoms with E-state index in [1.807, 2.05) is 32.0 Å². The Morgan fingerprint density at radius 2 is 1.92 bits per heavy atom. The summed E-state index contributed by atoms with van der Waals surface area (Å²) in [6.45, 7) is 4.04. The molecule has 0 radical (unpaired) electrons. The summed E-state index contributed by atoms with van der Waals surface area (Å²) in [5.41, 5.74) is 8.93. The lowest BCUT2D eigenvalue weighted by Crippen LogP contribution is -2.16. The maximum absolute atomic E-state index is 8.44. The molecular weight excluding hydrogens is 164 g/mol. The molecule has 0 spiro atoms. The van der Waals surface area contributed by atoms with Gasteiger partial charge >= 0.3 is 0 Å². The van der Waals surface area contributed by atoms with Crippen molar-refractivity contribution in [2.75, 3.05) is 0 Å². The molecule has 0 aliphatic rings. The van der Waals surface area contributed by atoms with Gasteiger partial charge in [0, 0.05) is 6.42 Å². The second-order valence-corrected chi connectivity index (χ2v) is 3.14. The summed E-state index contributed by atoms with van der Waals surface area (Å²) >= 11 is 0. The third-order valence-corrected chi connectivity index (χ3v) is 2.13. The number of hydrogen-bond donors (Lipinski definition) is 2. The van der Waals surface area contributed by atoms with Crippen LogP contribution in [0.15, 0.2) is 23.4 Å². The first kappa shape index (κ1) is 9.58. The van der Waals surface area contributed by atoms with Gasteiger partial charge < -0.3 is 10.9 Å². The van der Waals surface area contributed by atoms with Crippen LogP contribution >= 0.6 is 0 Å². The highest BCUT2D eigenvalue weighted by atomic mass is 16.4. The first-order chi connectivity index (χ1) is 6.15. The molecule has 3 heteroatoms. The number of nitrogens with two attached hydrogens (primary N) is 1. The number of hydrogen-bond acceptors (Lipinski definition) is 2. The Hall–Kier alpha value is -1.51. The van der Waals surface area contributed by atoms with E-state index >= 15 is 0 Å². The van der Waals surface area contributed by atoms with Crippen LogP contribution in [0.25, 0.3) is 0 Å². The van der Waals surface area contributed by atoms with E-state index in [0.29, 0.717) is 6.42 Å². The highest BCUT2D eigenvalue weighted by molar-refractivity contribution is 5.82. The molecule has 0 aliphatic heterocycles. The average molecular weight is 178 g/mol. The topological polar surface area (TPSA) is 58.6 Å². The number of aryl methyl sites for hydroxylation is 2. The van der Waals surface area contributed by atoms with E-state index in [4.69, 9.17) is 10.9 Å². The van der Waals surface area contributed by atoms with Gasteiger partial charge in [-0.15, -0.1) is 0 Å². The molecule has 0 heterocycles. The second-order valence-electron chi connectivity index (χ2n) is 3.14. The van der Waals surface area contributed by atoms with Crippen molar-refractivity contribution in [3.8, 4) is 0 Å². The Morgan fingerprint density at radius 3 is 2.38 bits per heavy atom. The van der Waals surface area contributed by atoms with Crippen LogP contribution in [-0.2, 0) is 6.42 Å². The fourth-order valence-electron chi connectivity index (χ4n) is 1.34. The van der Waals surface area contributed by atoms with Crippen LogP contribution in [0.5, 0.6) is 0 Å². The summed E-state index contributed by atoms with van der Waals surface area (Å²) in [5, 5.41) is 11.4. The molecule has 0 aromatic heterocycles. The Labute approximate surface area is 77.9 Å². The molecule has 70 valence electrons. The van der Waals surface area contributed by atoms with Crippen LogP contribution in [0.4, 0.5) is 0 Å².